The lowest BCUT2D eigenvalue weighted by Gasteiger charge is -2.17. The summed E-state index contributed by atoms with van der Waals surface area (Å²) in [6.07, 6.45) is 12.4. The van der Waals surface area contributed by atoms with Gasteiger partial charge >= 0.3 is 0 Å². The molecule has 29 heavy (non-hydrogen) atoms. The Kier molecular flexibility index (Phi) is 7.56. The van der Waals surface area contributed by atoms with Gasteiger partial charge < -0.3 is 10.2 Å². The van der Waals surface area contributed by atoms with Gasteiger partial charge in [-0.3, -0.25) is 14.6 Å². The number of likely N-dealkylation sites (N-methyl/N-ethyl adjacent to an activating group) is 1. The molecule has 0 aliphatic heterocycles. The van der Waals surface area contributed by atoms with E-state index >= 15 is 0 Å². The first-order valence-corrected chi connectivity index (χ1v) is 10.3. The molecule has 152 valence electrons. The largest absolute Gasteiger partial charge is 0.352 e. The third-order valence-electron chi connectivity index (χ3n) is 5.34. The van der Waals surface area contributed by atoms with Crippen LogP contribution >= 0.6 is 0 Å². The number of nitrogens with zero attached hydrogens (tertiary/aromatic N) is 2. The van der Waals surface area contributed by atoms with Crippen LogP contribution in [-0.2, 0) is 6.42 Å². The standard InChI is InChI=1S/C24H29N3O2/c1-27(18-14-20-11-15-25-16-12-20)24(29)22-9-7-21(8-10-22)23(28)26-17-13-19-5-3-2-4-6-19/h5,7-12,15-16H,2-4,6,13-14,17-18H2,1H3,(H,26,28). The van der Waals surface area contributed by atoms with Gasteiger partial charge in [-0.05, 0) is 80.5 Å². The maximum atomic E-state index is 12.6. The number of amides is 2. The van der Waals surface area contributed by atoms with E-state index in [1.54, 1.807) is 48.6 Å². The van der Waals surface area contributed by atoms with Crippen LogP contribution in [0.15, 0.2) is 60.4 Å². The predicted molar refractivity (Wildman–Crippen MR) is 115 cm³/mol. The Labute approximate surface area is 172 Å². The lowest BCUT2D eigenvalue weighted by Crippen LogP contribution is -2.29. The number of rotatable bonds is 8. The lowest BCUT2D eigenvalue weighted by atomic mass is 9.97. The number of pyridine rings is 1. The predicted octanol–water partition coefficient (Wildman–Crippen LogP) is 4.02. The first kappa shape index (κ1) is 20.8. The second kappa shape index (κ2) is 10.6. The molecule has 1 aliphatic carbocycles. The zero-order chi connectivity index (χ0) is 20.5. The van der Waals surface area contributed by atoms with Crippen molar-refractivity contribution in [3.8, 4) is 0 Å². The van der Waals surface area contributed by atoms with Crippen molar-refractivity contribution in [3.05, 3.63) is 77.1 Å². The summed E-state index contributed by atoms with van der Waals surface area (Å²) in [6.45, 7) is 1.28. The molecule has 5 nitrogen and oxygen atoms in total. The number of carbonyl (C=O) groups is 2. The molecule has 1 N–H and O–H groups in total. The molecule has 3 rings (SSSR count). The minimum atomic E-state index is -0.0912. The molecule has 1 aromatic heterocycles. The molecule has 0 saturated heterocycles. The van der Waals surface area contributed by atoms with Crippen molar-refractivity contribution in [2.45, 2.75) is 38.5 Å². The van der Waals surface area contributed by atoms with Crippen molar-refractivity contribution in [3.63, 3.8) is 0 Å². The van der Waals surface area contributed by atoms with Gasteiger partial charge in [-0.2, -0.15) is 0 Å². The molecular weight excluding hydrogens is 362 g/mol. The Hall–Kier alpha value is -2.95. The van der Waals surface area contributed by atoms with Crippen molar-refractivity contribution in [2.24, 2.45) is 0 Å². The lowest BCUT2D eigenvalue weighted by molar-refractivity contribution is 0.0795. The van der Waals surface area contributed by atoms with E-state index < -0.39 is 0 Å². The van der Waals surface area contributed by atoms with Crippen LogP contribution in [0.5, 0.6) is 0 Å². The molecule has 0 bridgehead atoms. The summed E-state index contributed by atoms with van der Waals surface area (Å²) in [5, 5.41) is 2.98. The summed E-state index contributed by atoms with van der Waals surface area (Å²) in [5.41, 5.74) is 3.77. The highest BCUT2D eigenvalue weighted by Crippen LogP contribution is 2.19. The van der Waals surface area contributed by atoms with Crippen molar-refractivity contribution in [2.75, 3.05) is 20.1 Å². The number of aromatic nitrogens is 1. The van der Waals surface area contributed by atoms with Crippen molar-refractivity contribution >= 4 is 11.8 Å². The number of nitrogens with one attached hydrogen (secondary N) is 1. The number of carbonyl (C=O) groups excluding carboxylic acids is 2. The first-order chi connectivity index (χ1) is 14.1. The number of allylic oxidation sites excluding steroid dienone is 1. The van der Waals surface area contributed by atoms with Crippen LogP contribution in [0.3, 0.4) is 0 Å². The summed E-state index contributed by atoms with van der Waals surface area (Å²) >= 11 is 0. The van der Waals surface area contributed by atoms with E-state index in [1.807, 2.05) is 12.1 Å². The maximum absolute atomic E-state index is 12.6. The molecule has 0 spiro atoms. The number of hydrogen-bond donors (Lipinski definition) is 1. The van der Waals surface area contributed by atoms with Crippen molar-refractivity contribution in [1.82, 2.24) is 15.2 Å². The molecule has 0 fully saturated rings. The average molecular weight is 392 g/mol. The van der Waals surface area contributed by atoms with Gasteiger partial charge in [-0.1, -0.05) is 11.6 Å². The summed E-state index contributed by atoms with van der Waals surface area (Å²) < 4.78 is 0. The van der Waals surface area contributed by atoms with Crippen LogP contribution in [0.4, 0.5) is 0 Å². The van der Waals surface area contributed by atoms with E-state index in [2.05, 4.69) is 16.4 Å². The fourth-order valence-corrected chi connectivity index (χ4v) is 3.50. The Morgan fingerprint density at radius 3 is 2.41 bits per heavy atom. The highest BCUT2D eigenvalue weighted by atomic mass is 16.2. The molecule has 0 unspecified atom stereocenters. The molecule has 1 aromatic carbocycles. The highest BCUT2D eigenvalue weighted by molar-refractivity contribution is 5.97. The van der Waals surface area contributed by atoms with Crippen molar-refractivity contribution in [1.29, 1.82) is 0 Å². The van der Waals surface area contributed by atoms with Crippen LogP contribution in [0, 0.1) is 0 Å². The van der Waals surface area contributed by atoms with E-state index in [0.717, 1.165) is 31.2 Å². The smallest absolute Gasteiger partial charge is 0.253 e. The van der Waals surface area contributed by atoms with Crippen LogP contribution in [0.2, 0.25) is 0 Å². The Balaban J connectivity index is 1.47. The molecule has 2 amide bonds. The summed E-state index contributed by atoms with van der Waals surface area (Å²) in [4.78, 5) is 30.6. The summed E-state index contributed by atoms with van der Waals surface area (Å²) in [7, 11) is 1.80. The Bertz CT molecular complexity index is 844. The summed E-state index contributed by atoms with van der Waals surface area (Å²) in [5.74, 6) is -0.137. The fraction of sp³-hybridized carbons (Fsp3) is 0.375. The fourth-order valence-electron chi connectivity index (χ4n) is 3.50. The van der Waals surface area contributed by atoms with Gasteiger partial charge in [-0.25, -0.2) is 0 Å². The van der Waals surface area contributed by atoms with Gasteiger partial charge in [0.25, 0.3) is 11.8 Å². The Morgan fingerprint density at radius 2 is 1.72 bits per heavy atom. The van der Waals surface area contributed by atoms with Crippen LogP contribution in [0.25, 0.3) is 0 Å². The van der Waals surface area contributed by atoms with Crippen molar-refractivity contribution < 1.29 is 9.59 Å². The molecule has 1 heterocycles. The van der Waals surface area contributed by atoms with E-state index in [0.29, 0.717) is 24.2 Å². The molecule has 2 aromatic rings. The maximum Gasteiger partial charge on any atom is 0.253 e. The molecule has 0 saturated carbocycles. The van der Waals surface area contributed by atoms with Gasteiger partial charge in [0.2, 0.25) is 0 Å². The van der Waals surface area contributed by atoms with E-state index in [9.17, 15) is 9.59 Å². The van der Waals surface area contributed by atoms with Gasteiger partial charge in [-0.15, -0.1) is 0 Å². The number of benzene rings is 1. The van der Waals surface area contributed by atoms with E-state index in [-0.39, 0.29) is 11.8 Å². The zero-order valence-electron chi connectivity index (χ0n) is 17.1. The molecular formula is C24H29N3O2. The number of hydrogen-bond acceptors (Lipinski definition) is 3. The Morgan fingerprint density at radius 1 is 1.00 bits per heavy atom. The SMILES string of the molecule is CN(CCc1ccncc1)C(=O)c1ccc(C(=O)NCCC2=CCCCC2)cc1. The highest BCUT2D eigenvalue weighted by Gasteiger charge is 2.13. The zero-order valence-corrected chi connectivity index (χ0v) is 17.1. The molecule has 5 heteroatoms. The van der Waals surface area contributed by atoms with Gasteiger partial charge in [0.05, 0.1) is 0 Å². The molecule has 0 atom stereocenters. The third-order valence-corrected chi connectivity index (χ3v) is 5.34. The second-order valence-electron chi connectivity index (χ2n) is 7.52. The quantitative estimate of drug-likeness (QED) is 0.692. The van der Waals surface area contributed by atoms with Crippen LogP contribution < -0.4 is 5.32 Å². The topological polar surface area (TPSA) is 62.3 Å². The third kappa shape index (κ3) is 6.28. The normalized spacial score (nSPS) is 13.5. The second-order valence-corrected chi connectivity index (χ2v) is 7.52. The van der Waals surface area contributed by atoms with Gasteiger partial charge in [0.15, 0.2) is 0 Å². The molecule has 1 aliphatic rings. The minimum absolute atomic E-state index is 0.0461. The van der Waals surface area contributed by atoms with Gasteiger partial charge in [0.1, 0.15) is 0 Å². The minimum Gasteiger partial charge on any atom is -0.352 e. The monoisotopic (exact) mass is 391 g/mol. The average Bonchev–Trinajstić information content (AvgIpc) is 2.78. The van der Waals surface area contributed by atoms with Crippen LogP contribution in [0.1, 0.15) is 58.4 Å². The first-order valence-electron chi connectivity index (χ1n) is 10.3. The van der Waals surface area contributed by atoms with Gasteiger partial charge in [0, 0.05) is 43.7 Å². The van der Waals surface area contributed by atoms with E-state index in [1.165, 1.54) is 18.4 Å². The van der Waals surface area contributed by atoms with E-state index in [4.69, 9.17) is 0 Å². The van der Waals surface area contributed by atoms with Crippen LogP contribution in [-0.4, -0.2) is 41.8 Å². The molecule has 0 radical (unpaired) electrons. The summed E-state index contributed by atoms with van der Waals surface area (Å²) in [6, 6.07) is 10.8.